The number of nitrogens with two attached hydrogens (primary N) is 3. The zero-order valence-corrected chi connectivity index (χ0v) is 77.1. The van der Waals surface area contributed by atoms with Gasteiger partial charge in [0.15, 0.2) is 41.4 Å². The molecule has 8 amide bonds. The van der Waals surface area contributed by atoms with Gasteiger partial charge in [-0.3, -0.25) is 81.5 Å². The van der Waals surface area contributed by atoms with E-state index in [1.165, 1.54) is 6.20 Å². The highest BCUT2D eigenvalue weighted by Gasteiger charge is 2.48. The summed E-state index contributed by atoms with van der Waals surface area (Å²) in [6.07, 6.45) is -22.9. The van der Waals surface area contributed by atoms with E-state index in [0.717, 1.165) is 40.1 Å². The van der Waals surface area contributed by atoms with Crippen molar-refractivity contribution in [2.24, 2.45) is 76.4 Å². The van der Waals surface area contributed by atoms with Gasteiger partial charge in [-0.2, -0.15) is 0 Å². The molecule has 0 aliphatic carbocycles. The number of carboxylic acid groups (broad SMARTS) is 3. The number of aromatic nitrogens is 3. The van der Waals surface area contributed by atoms with Crippen LogP contribution in [0.4, 0.5) is 0 Å². The number of rotatable bonds is 64. The van der Waals surface area contributed by atoms with Crippen LogP contribution in [0.5, 0.6) is 0 Å². The Bertz CT molecular complexity index is 4150. The number of carboxylic acids is 3. The number of hydrogen-bond donors (Lipinski definition) is 20. The number of primary amides is 2. The molecule has 0 bridgehead atoms. The van der Waals surface area contributed by atoms with Gasteiger partial charge in [-0.15, -0.1) is 5.10 Å². The number of aryl methyl sites for hydroxylation is 1. The Morgan fingerprint density at radius 1 is 0.527 bits per heavy atom. The van der Waals surface area contributed by atoms with Crippen LogP contribution in [0.3, 0.4) is 0 Å². The molecule has 1 aromatic heterocycles. The predicted octanol–water partition coefficient (Wildman–Crippen LogP) is -1.90. The number of aliphatic hydroxyl groups excluding tert-OH is 8. The molecular formula is C86H134N12O31S2. The quantitative estimate of drug-likeness (QED) is 0.0254. The standard InChI is InChI=1S/C86H134N12O31S2/c1-11-43(7)53(83(125)94-59(40-131-130-25-24-127-86-78(120)77(119)75(117)67(39-100)129-86)63(106)32-50(26-41(3)4)81(123)91-56(27-42(5)6)61(104)29-48(79(89)121)19-23-69(110)111)34-64(107)58(36-71(114)115)93-84(126)54(45(9)101)35-65(108)72(44(8)12-2)95-80(122)49(18-20-52-37-98(97-96-52)85-73(90-46(10)102)76(118)74(116)66(38-99)128-85)30-62(105)57(28-47-16-14-13-15-17-47)92-82(124)51(33-70(112)113)31-60(103)55(87)21-22-68(88)109/h13-17,37,41-45,48-51,53-59,66-67,72-78,85-86,99-101,116-120H,11-12,18-36,38-40,87H2,1-10H3,(H2,88,109)(H2,89,121)(H,90,102)(H,91,123)(H,92,124)(H,93,126)(H,94,125)(H,95,122)(H,110,111)(H,112,113)(H,114,115)/t43?,44?,45?,48-,49-,50-,51+,53+,54+,55+,56+,57+,58+,59+,66?,67?,72+,73?,74-,75-,76-,77+,78?,85-,86+/m1/s1. The number of benzene rings is 1. The van der Waals surface area contributed by atoms with Crippen LogP contribution in [-0.4, -0.2) is 300 Å². The number of hydrogen-bond acceptors (Lipinski definition) is 33. The van der Waals surface area contributed by atoms with Gasteiger partial charge in [-0.25, -0.2) is 4.68 Å². The van der Waals surface area contributed by atoms with Crippen LogP contribution in [0, 0.1) is 59.2 Å². The fraction of sp³-hybridized carbons (Fsp3) is 0.709. The van der Waals surface area contributed by atoms with Gasteiger partial charge in [0.25, 0.3) is 0 Å². The summed E-state index contributed by atoms with van der Waals surface area (Å²) in [5.74, 6) is -27.9. The third-order valence-electron chi connectivity index (χ3n) is 23.2. The molecule has 2 aliphatic heterocycles. The fourth-order valence-electron chi connectivity index (χ4n) is 15.1. The largest absolute Gasteiger partial charge is 0.481 e. The molecule has 4 rings (SSSR count). The van der Waals surface area contributed by atoms with Crippen LogP contribution in [0.1, 0.15) is 196 Å². The number of ketones is 6. The molecule has 2 aromatic rings. The molecule has 0 spiro atoms. The van der Waals surface area contributed by atoms with Gasteiger partial charge in [0.05, 0.1) is 98.7 Å². The van der Waals surface area contributed by atoms with E-state index in [2.05, 4.69) is 42.2 Å². The third kappa shape index (κ3) is 38.0. The van der Waals surface area contributed by atoms with Crippen LogP contribution in [0.25, 0.3) is 0 Å². The van der Waals surface area contributed by atoms with Crippen LogP contribution in [0.15, 0.2) is 36.5 Å². The maximum absolute atomic E-state index is 15.3. The molecule has 2 aliphatic rings. The molecule has 7 unspecified atom stereocenters. The van der Waals surface area contributed by atoms with Gasteiger partial charge in [-0.1, -0.05) is 125 Å². The topological polar surface area (TPSA) is 721 Å². The molecule has 23 N–H and O–H groups in total. The van der Waals surface area contributed by atoms with Crippen molar-refractivity contribution in [3.8, 4) is 0 Å². The lowest BCUT2D eigenvalue weighted by Crippen LogP contribution is -2.62. The minimum absolute atomic E-state index is 0.0406. The number of ether oxygens (including phenoxy) is 3. The Morgan fingerprint density at radius 3 is 1.63 bits per heavy atom. The first-order valence-corrected chi connectivity index (χ1v) is 46.4. The van der Waals surface area contributed by atoms with Gasteiger partial charge in [0.1, 0.15) is 54.6 Å². The van der Waals surface area contributed by atoms with E-state index >= 15 is 19.2 Å². The summed E-state index contributed by atoms with van der Waals surface area (Å²) in [6.45, 7) is 14.0. The van der Waals surface area contributed by atoms with Crippen molar-refractivity contribution in [2.45, 2.75) is 295 Å². The highest BCUT2D eigenvalue weighted by molar-refractivity contribution is 8.76. The van der Waals surface area contributed by atoms with Gasteiger partial charge >= 0.3 is 17.9 Å². The van der Waals surface area contributed by atoms with Gasteiger partial charge < -0.3 is 119 Å². The number of carbonyl (C=O) groups excluding carboxylic acids is 14. The lowest BCUT2D eigenvalue weighted by Gasteiger charge is -2.42. The fourth-order valence-corrected chi connectivity index (χ4v) is 17.2. The molecule has 43 nitrogen and oxygen atoms in total. The third-order valence-corrected chi connectivity index (χ3v) is 25.6. The Balaban J connectivity index is 1.74. The number of nitrogens with one attached hydrogen (secondary N) is 6. The first-order chi connectivity index (χ1) is 61.6. The zero-order chi connectivity index (χ0) is 98.5. The van der Waals surface area contributed by atoms with E-state index < -0.39 is 322 Å². The smallest absolute Gasteiger partial charge is 0.305 e. The predicted molar refractivity (Wildman–Crippen MR) is 469 cm³/mol. The van der Waals surface area contributed by atoms with E-state index in [-0.39, 0.29) is 99.9 Å². The number of amides is 8. The second-order valence-corrected chi connectivity index (χ2v) is 37.3. The normalized spacial score (nSPS) is 22.1. The highest BCUT2D eigenvalue weighted by Crippen LogP contribution is 2.33. The number of carbonyl (C=O) groups is 17. The van der Waals surface area contributed by atoms with Crippen molar-refractivity contribution in [3.63, 3.8) is 0 Å². The molecule has 0 saturated carbocycles. The van der Waals surface area contributed by atoms with Crippen LogP contribution in [0.2, 0.25) is 0 Å². The number of nitrogens with zero attached hydrogens (tertiary/aromatic N) is 3. The average Bonchev–Trinajstić information content (AvgIpc) is 1.75. The molecule has 2 fully saturated rings. The van der Waals surface area contributed by atoms with Gasteiger partial charge in [0, 0.05) is 93.5 Å². The highest BCUT2D eigenvalue weighted by atomic mass is 33.1. The minimum atomic E-state index is -1.99. The Labute approximate surface area is 767 Å². The van der Waals surface area contributed by atoms with Crippen molar-refractivity contribution in [2.75, 3.05) is 31.3 Å². The molecule has 25 atom stereocenters. The second kappa shape index (κ2) is 56.7. The number of aliphatic carboxylic acids is 3. The molecule has 3 heterocycles. The lowest BCUT2D eigenvalue weighted by atomic mass is 9.84. The summed E-state index contributed by atoms with van der Waals surface area (Å²) in [5.41, 5.74) is 17.4. The SMILES string of the molecule is CCC(C)[C@H](CC(=O)[C@H](CC(=O)O)NC(=O)[C@@H](CC(=O)[C@@H](NC(=O)[C@H](CCc1cn([C@@H]2OC(CO)[C@@H](O)[C@H](O)C2NC(C)=O)nn1)CC(=O)[C@H](Cc1ccccc1)NC(=O)[C@H](CC(=O)O)CC(=O)[C@@H](N)CCC(N)=O)C(C)CC)C(C)O)C(=O)N[C@@H](CSSCCO[C@H]1OC(CO)[C@@H](O)[C@H](O)C1O)C(=O)C[C@@H](CC(C)C)C(=O)N[C@@H](CC(C)C)C(=O)C[C@@H](CCC(=O)O)C(N)=O. The van der Waals surface area contributed by atoms with Crippen LogP contribution >= 0.6 is 21.6 Å². The first kappa shape index (κ1) is 114. The summed E-state index contributed by atoms with van der Waals surface area (Å²) in [4.78, 5) is 234. The first-order valence-electron chi connectivity index (χ1n) is 43.9. The molecule has 1 aromatic carbocycles. The Morgan fingerprint density at radius 2 is 1.05 bits per heavy atom. The minimum Gasteiger partial charge on any atom is -0.481 e. The number of Topliss-reactive ketones (excluding diaryl/α,β-unsaturated/α-hetero) is 6. The maximum Gasteiger partial charge on any atom is 0.305 e. The van der Waals surface area contributed by atoms with Crippen LogP contribution in [-0.2, 0) is 109 Å². The van der Waals surface area contributed by atoms with E-state index in [1.54, 1.807) is 85.7 Å². The molecule has 45 heteroatoms. The van der Waals surface area contributed by atoms with Crippen molar-refractivity contribution >= 4 is 121 Å². The molecule has 131 heavy (non-hydrogen) atoms. The lowest BCUT2D eigenvalue weighted by molar-refractivity contribution is -0.299. The zero-order valence-electron chi connectivity index (χ0n) is 75.5. The number of aliphatic hydroxyl groups is 8. The average molecular weight is 1900 g/mol. The molecule has 2 saturated heterocycles. The van der Waals surface area contributed by atoms with E-state index in [0.29, 0.717) is 5.56 Å². The summed E-state index contributed by atoms with van der Waals surface area (Å²) >= 11 is 0. The van der Waals surface area contributed by atoms with Crippen LogP contribution < -0.4 is 49.1 Å². The summed E-state index contributed by atoms with van der Waals surface area (Å²) in [7, 11) is 2.10. The molecule has 0 radical (unpaired) electrons. The van der Waals surface area contributed by atoms with Crippen molar-refractivity contribution in [3.05, 3.63) is 47.8 Å². The Hall–Kier alpha value is -9.23. The maximum atomic E-state index is 15.3. The molecule has 736 valence electrons. The second-order valence-electron chi connectivity index (χ2n) is 34.7. The Kier molecular flexibility index (Phi) is 49.4. The summed E-state index contributed by atoms with van der Waals surface area (Å²) < 4.78 is 18.0. The summed E-state index contributed by atoms with van der Waals surface area (Å²) in [5, 5.41) is 138. The summed E-state index contributed by atoms with van der Waals surface area (Å²) in [6, 6.07) is -2.54. The molecular weight excluding hydrogens is 1760 g/mol. The van der Waals surface area contributed by atoms with Gasteiger partial charge in [-0.05, 0) is 81.1 Å². The van der Waals surface area contributed by atoms with Crippen molar-refractivity contribution in [1.82, 2.24) is 46.9 Å². The van der Waals surface area contributed by atoms with E-state index in [1.807, 2.05) is 0 Å². The monoisotopic (exact) mass is 1890 g/mol. The van der Waals surface area contributed by atoms with Gasteiger partial charge in [0.2, 0.25) is 47.3 Å². The van der Waals surface area contributed by atoms with Crippen molar-refractivity contribution < 1.29 is 152 Å². The van der Waals surface area contributed by atoms with E-state index in [4.69, 9.17) is 31.4 Å². The van der Waals surface area contributed by atoms with Crippen molar-refractivity contribution in [1.29, 1.82) is 0 Å². The van der Waals surface area contributed by atoms with E-state index in [9.17, 15) is 119 Å².